The molecule has 0 bridgehead atoms. The number of anilines is 1. The second kappa shape index (κ2) is 6.16. The first-order chi connectivity index (χ1) is 8.69. The van der Waals surface area contributed by atoms with Gasteiger partial charge in [-0.25, -0.2) is 0 Å². The van der Waals surface area contributed by atoms with Crippen LogP contribution >= 0.6 is 27.7 Å². The molecule has 0 atom stereocenters. The minimum absolute atomic E-state index is 0.788. The molecule has 0 heterocycles. The van der Waals surface area contributed by atoms with Gasteiger partial charge in [0.05, 0.1) is 7.11 Å². The van der Waals surface area contributed by atoms with Gasteiger partial charge in [-0.3, -0.25) is 0 Å². The van der Waals surface area contributed by atoms with Gasteiger partial charge in [0.25, 0.3) is 0 Å². The number of hydrogen-bond donors (Lipinski definition) is 1. The maximum Gasteiger partial charge on any atom is 0.120 e. The molecule has 0 aliphatic heterocycles. The number of rotatable bonds is 4. The van der Waals surface area contributed by atoms with Gasteiger partial charge in [-0.05, 0) is 35.9 Å². The van der Waals surface area contributed by atoms with Crippen molar-refractivity contribution in [1.29, 1.82) is 0 Å². The molecule has 2 aromatic carbocycles. The van der Waals surface area contributed by atoms with Crippen molar-refractivity contribution in [2.24, 2.45) is 0 Å². The fourth-order valence-electron chi connectivity index (χ4n) is 1.55. The highest BCUT2D eigenvalue weighted by atomic mass is 79.9. The number of nitrogen functional groups attached to an aromatic ring is 1. The van der Waals surface area contributed by atoms with Crippen molar-refractivity contribution in [2.45, 2.75) is 10.6 Å². The molecule has 0 aromatic heterocycles. The van der Waals surface area contributed by atoms with Gasteiger partial charge in [0.2, 0.25) is 0 Å². The molecule has 2 rings (SSSR count). The summed E-state index contributed by atoms with van der Waals surface area (Å²) in [5.74, 6) is 1.72. The van der Waals surface area contributed by atoms with Crippen molar-refractivity contribution < 1.29 is 4.74 Å². The number of ether oxygens (including phenoxy) is 1. The molecule has 2 nitrogen and oxygen atoms in total. The molecule has 94 valence electrons. The molecule has 2 aromatic rings. The third-order valence-electron chi connectivity index (χ3n) is 2.50. The summed E-state index contributed by atoms with van der Waals surface area (Å²) < 4.78 is 6.30. The van der Waals surface area contributed by atoms with E-state index in [9.17, 15) is 0 Å². The fraction of sp³-hybridized carbons (Fsp3) is 0.143. The maximum absolute atomic E-state index is 5.95. The largest absolute Gasteiger partial charge is 0.497 e. The van der Waals surface area contributed by atoms with Gasteiger partial charge >= 0.3 is 0 Å². The topological polar surface area (TPSA) is 35.2 Å². The Morgan fingerprint density at radius 3 is 2.78 bits per heavy atom. The Bertz CT molecular complexity index is 545. The van der Waals surface area contributed by atoms with Gasteiger partial charge in [-0.1, -0.05) is 28.1 Å². The highest BCUT2D eigenvalue weighted by molar-refractivity contribution is 9.10. The first-order valence-corrected chi connectivity index (χ1v) is 7.27. The van der Waals surface area contributed by atoms with Crippen LogP contribution in [0.25, 0.3) is 0 Å². The van der Waals surface area contributed by atoms with Crippen LogP contribution in [0.5, 0.6) is 5.75 Å². The molecule has 4 heteroatoms. The van der Waals surface area contributed by atoms with Gasteiger partial charge in [0.15, 0.2) is 0 Å². The molecule has 0 unspecified atom stereocenters. The molecule has 0 saturated carbocycles. The van der Waals surface area contributed by atoms with Gasteiger partial charge in [-0.15, -0.1) is 11.8 Å². The molecule has 0 saturated heterocycles. The minimum Gasteiger partial charge on any atom is -0.497 e. The standard InChI is InChI=1S/C14H14BrNOS/c1-17-12-5-6-13(16)14(8-12)18-9-10-3-2-4-11(15)7-10/h2-8H,9,16H2,1H3. The van der Waals surface area contributed by atoms with Crippen LogP contribution in [0, 0.1) is 0 Å². The van der Waals surface area contributed by atoms with E-state index in [2.05, 4.69) is 28.1 Å². The first kappa shape index (κ1) is 13.3. The van der Waals surface area contributed by atoms with E-state index in [4.69, 9.17) is 10.5 Å². The molecule has 0 aliphatic rings. The summed E-state index contributed by atoms with van der Waals surface area (Å²) in [6, 6.07) is 14.0. The highest BCUT2D eigenvalue weighted by Gasteiger charge is 2.03. The normalized spacial score (nSPS) is 10.3. The number of methoxy groups -OCH3 is 1. The summed E-state index contributed by atoms with van der Waals surface area (Å²) in [4.78, 5) is 1.05. The van der Waals surface area contributed by atoms with Crippen LogP contribution in [0.1, 0.15) is 5.56 Å². The van der Waals surface area contributed by atoms with Crippen molar-refractivity contribution >= 4 is 33.4 Å². The van der Waals surface area contributed by atoms with Gasteiger partial charge < -0.3 is 10.5 Å². The molecular weight excluding hydrogens is 310 g/mol. The molecule has 0 spiro atoms. The molecule has 0 aliphatic carbocycles. The van der Waals surface area contributed by atoms with Crippen molar-refractivity contribution in [3.05, 3.63) is 52.5 Å². The minimum atomic E-state index is 0.788. The lowest BCUT2D eigenvalue weighted by molar-refractivity contribution is 0.414. The maximum atomic E-state index is 5.95. The lowest BCUT2D eigenvalue weighted by atomic mass is 10.2. The Morgan fingerprint density at radius 1 is 1.22 bits per heavy atom. The van der Waals surface area contributed by atoms with E-state index in [1.807, 2.05) is 30.3 Å². The Morgan fingerprint density at radius 2 is 2.06 bits per heavy atom. The van der Waals surface area contributed by atoms with Crippen molar-refractivity contribution in [3.8, 4) is 5.75 Å². The summed E-state index contributed by atoms with van der Waals surface area (Å²) >= 11 is 5.18. The van der Waals surface area contributed by atoms with Crippen LogP contribution < -0.4 is 10.5 Å². The lowest BCUT2D eigenvalue weighted by Gasteiger charge is -2.08. The van der Waals surface area contributed by atoms with Crippen LogP contribution in [-0.2, 0) is 5.75 Å². The number of benzene rings is 2. The molecule has 18 heavy (non-hydrogen) atoms. The van der Waals surface area contributed by atoms with E-state index < -0.39 is 0 Å². The smallest absolute Gasteiger partial charge is 0.120 e. The number of halogens is 1. The van der Waals surface area contributed by atoms with E-state index in [-0.39, 0.29) is 0 Å². The SMILES string of the molecule is COc1ccc(N)c(SCc2cccc(Br)c2)c1. The zero-order valence-corrected chi connectivity index (χ0v) is 12.4. The second-order valence-corrected chi connectivity index (χ2v) is 5.76. The number of hydrogen-bond acceptors (Lipinski definition) is 3. The lowest BCUT2D eigenvalue weighted by Crippen LogP contribution is -1.91. The average Bonchev–Trinajstić information content (AvgIpc) is 2.38. The zero-order chi connectivity index (χ0) is 13.0. The van der Waals surface area contributed by atoms with Crippen LogP contribution in [-0.4, -0.2) is 7.11 Å². The van der Waals surface area contributed by atoms with E-state index in [1.54, 1.807) is 18.9 Å². The Kier molecular flexibility index (Phi) is 4.55. The fourth-order valence-corrected chi connectivity index (χ4v) is 2.94. The summed E-state index contributed by atoms with van der Waals surface area (Å²) in [7, 11) is 1.66. The van der Waals surface area contributed by atoms with Gasteiger partial charge in [0.1, 0.15) is 5.75 Å². The molecule has 0 radical (unpaired) electrons. The Labute approximate surface area is 120 Å². The second-order valence-electron chi connectivity index (χ2n) is 3.82. The summed E-state index contributed by atoms with van der Waals surface area (Å²) in [5.41, 5.74) is 8.00. The highest BCUT2D eigenvalue weighted by Crippen LogP contribution is 2.31. The first-order valence-electron chi connectivity index (χ1n) is 5.50. The predicted octanol–water partition coefficient (Wildman–Crippen LogP) is 4.33. The van der Waals surface area contributed by atoms with E-state index in [1.165, 1.54) is 5.56 Å². The molecular formula is C14H14BrNOS. The quantitative estimate of drug-likeness (QED) is 0.671. The summed E-state index contributed by atoms with van der Waals surface area (Å²) in [6.45, 7) is 0. The van der Waals surface area contributed by atoms with Crippen LogP contribution in [0.15, 0.2) is 51.8 Å². The third-order valence-corrected chi connectivity index (χ3v) is 4.14. The van der Waals surface area contributed by atoms with Crippen LogP contribution in [0.2, 0.25) is 0 Å². The van der Waals surface area contributed by atoms with Crippen molar-refractivity contribution in [2.75, 3.05) is 12.8 Å². The predicted molar refractivity (Wildman–Crippen MR) is 81.1 cm³/mol. The number of nitrogens with two attached hydrogens (primary N) is 1. The average molecular weight is 324 g/mol. The van der Waals surface area contributed by atoms with Gasteiger partial charge in [0, 0.05) is 20.8 Å². The summed E-state index contributed by atoms with van der Waals surface area (Å²) in [6.07, 6.45) is 0. The van der Waals surface area contributed by atoms with Gasteiger partial charge in [-0.2, -0.15) is 0 Å². The van der Waals surface area contributed by atoms with E-state index >= 15 is 0 Å². The zero-order valence-electron chi connectivity index (χ0n) is 10.0. The molecule has 0 amide bonds. The molecule has 0 fully saturated rings. The number of thioether (sulfide) groups is 1. The van der Waals surface area contributed by atoms with E-state index in [0.29, 0.717) is 0 Å². The van der Waals surface area contributed by atoms with Crippen molar-refractivity contribution in [1.82, 2.24) is 0 Å². The molecule has 2 N–H and O–H groups in total. The Hall–Kier alpha value is -1.13. The Balaban J connectivity index is 2.10. The summed E-state index contributed by atoms with van der Waals surface area (Å²) in [5, 5.41) is 0. The monoisotopic (exact) mass is 323 g/mol. The van der Waals surface area contributed by atoms with Crippen molar-refractivity contribution in [3.63, 3.8) is 0 Å². The van der Waals surface area contributed by atoms with Crippen LogP contribution in [0.4, 0.5) is 5.69 Å². The van der Waals surface area contributed by atoms with E-state index in [0.717, 1.165) is 26.6 Å². The third kappa shape index (κ3) is 3.43. The van der Waals surface area contributed by atoms with Crippen LogP contribution in [0.3, 0.4) is 0 Å².